The highest BCUT2D eigenvalue weighted by Gasteiger charge is 2.46. The molecule has 2 aromatic carbocycles. The van der Waals surface area contributed by atoms with Crippen LogP contribution in [0.1, 0.15) is 29.3 Å². The van der Waals surface area contributed by atoms with E-state index in [9.17, 15) is 19.2 Å². The maximum atomic E-state index is 13.2. The number of nitrogens with zero attached hydrogens (tertiary/aromatic N) is 2. The van der Waals surface area contributed by atoms with Crippen LogP contribution in [-0.4, -0.2) is 61.6 Å². The van der Waals surface area contributed by atoms with Crippen LogP contribution >= 0.6 is 0 Å². The summed E-state index contributed by atoms with van der Waals surface area (Å²) < 4.78 is 10.0. The van der Waals surface area contributed by atoms with E-state index in [4.69, 9.17) is 9.47 Å². The van der Waals surface area contributed by atoms with E-state index in [-0.39, 0.29) is 26.2 Å². The van der Waals surface area contributed by atoms with Gasteiger partial charge in [0, 0.05) is 19.3 Å². The van der Waals surface area contributed by atoms with Gasteiger partial charge in [0.25, 0.3) is 5.91 Å². The number of imide groups is 1. The summed E-state index contributed by atoms with van der Waals surface area (Å²) >= 11 is 0. The van der Waals surface area contributed by atoms with Gasteiger partial charge in [0.15, 0.2) is 0 Å². The second-order valence-corrected chi connectivity index (χ2v) is 7.55. The Labute approximate surface area is 192 Å². The highest BCUT2D eigenvalue weighted by molar-refractivity contribution is 6.22. The van der Waals surface area contributed by atoms with Crippen molar-refractivity contribution in [3.05, 3.63) is 59.7 Å². The van der Waals surface area contributed by atoms with Crippen molar-refractivity contribution < 1.29 is 28.7 Å². The molecule has 2 aromatic rings. The molecular formula is C24H27N3O6. The van der Waals surface area contributed by atoms with Crippen molar-refractivity contribution >= 4 is 35.2 Å². The first kappa shape index (κ1) is 23.9. The molecule has 1 fully saturated rings. The summed E-state index contributed by atoms with van der Waals surface area (Å²) in [4.78, 5) is 53.1. The Morgan fingerprint density at radius 1 is 1.09 bits per heavy atom. The van der Waals surface area contributed by atoms with Gasteiger partial charge < -0.3 is 19.7 Å². The molecule has 1 aliphatic rings. The number of hydrogen-bond donors (Lipinski definition) is 1. The molecule has 0 unspecified atom stereocenters. The van der Waals surface area contributed by atoms with E-state index in [1.54, 1.807) is 49.4 Å². The Bertz CT molecular complexity index is 1040. The van der Waals surface area contributed by atoms with Crippen molar-refractivity contribution in [2.45, 2.75) is 26.3 Å². The van der Waals surface area contributed by atoms with E-state index in [0.717, 1.165) is 10.5 Å². The van der Waals surface area contributed by atoms with Gasteiger partial charge in [0.1, 0.15) is 6.04 Å². The number of benzene rings is 2. The number of anilines is 2. The molecule has 0 aromatic heterocycles. The van der Waals surface area contributed by atoms with Crippen molar-refractivity contribution in [2.75, 3.05) is 37.1 Å². The van der Waals surface area contributed by atoms with E-state index in [1.165, 1.54) is 12.0 Å². The van der Waals surface area contributed by atoms with Crippen LogP contribution in [0.25, 0.3) is 0 Å². The molecule has 9 nitrogen and oxygen atoms in total. The Kier molecular flexibility index (Phi) is 7.78. The molecule has 174 valence electrons. The fourth-order valence-corrected chi connectivity index (χ4v) is 3.57. The number of esters is 1. The van der Waals surface area contributed by atoms with Crippen LogP contribution in [0.5, 0.6) is 0 Å². The number of rotatable bonds is 9. The minimum atomic E-state index is -0.952. The third-order valence-electron chi connectivity index (χ3n) is 5.17. The zero-order valence-electron chi connectivity index (χ0n) is 18.9. The summed E-state index contributed by atoms with van der Waals surface area (Å²) in [5.41, 5.74) is 2.20. The van der Waals surface area contributed by atoms with Crippen molar-refractivity contribution in [1.29, 1.82) is 0 Å². The van der Waals surface area contributed by atoms with E-state index in [2.05, 4.69) is 5.32 Å². The maximum Gasteiger partial charge on any atom is 0.338 e. The summed E-state index contributed by atoms with van der Waals surface area (Å²) in [6, 6.07) is 11.9. The van der Waals surface area contributed by atoms with Crippen LogP contribution in [0, 0.1) is 6.92 Å². The number of carbonyl (C=O) groups excluding carboxylic acids is 4. The van der Waals surface area contributed by atoms with Crippen LogP contribution in [0.15, 0.2) is 48.5 Å². The summed E-state index contributed by atoms with van der Waals surface area (Å²) in [7, 11) is 1.50. The van der Waals surface area contributed by atoms with Gasteiger partial charge in [-0.05, 0) is 55.8 Å². The summed E-state index contributed by atoms with van der Waals surface area (Å²) in [5.74, 6) is -1.34. The third kappa shape index (κ3) is 5.56. The molecule has 3 rings (SSSR count). The predicted molar refractivity (Wildman–Crippen MR) is 122 cm³/mol. The van der Waals surface area contributed by atoms with Gasteiger partial charge in [0.05, 0.1) is 30.9 Å². The van der Waals surface area contributed by atoms with Gasteiger partial charge in [-0.2, -0.15) is 0 Å². The Morgan fingerprint density at radius 3 is 2.45 bits per heavy atom. The molecule has 1 N–H and O–H groups in total. The molecule has 33 heavy (non-hydrogen) atoms. The van der Waals surface area contributed by atoms with Gasteiger partial charge >= 0.3 is 12.0 Å². The van der Waals surface area contributed by atoms with Gasteiger partial charge in [-0.3, -0.25) is 9.59 Å². The van der Waals surface area contributed by atoms with Crippen molar-refractivity contribution in [3.8, 4) is 0 Å². The number of hydrogen-bond acceptors (Lipinski definition) is 6. The minimum absolute atomic E-state index is 0.176. The third-order valence-corrected chi connectivity index (χ3v) is 5.17. The lowest BCUT2D eigenvalue weighted by Crippen LogP contribution is -2.39. The molecule has 0 spiro atoms. The molecule has 1 atom stereocenters. The second kappa shape index (κ2) is 10.7. The maximum absolute atomic E-state index is 13.2. The molecule has 0 aliphatic carbocycles. The van der Waals surface area contributed by atoms with Crippen LogP contribution in [0.2, 0.25) is 0 Å². The van der Waals surface area contributed by atoms with Crippen LogP contribution in [0.4, 0.5) is 16.2 Å². The summed E-state index contributed by atoms with van der Waals surface area (Å²) in [6.07, 6.45) is -0.212. The van der Waals surface area contributed by atoms with Gasteiger partial charge in [0.2, 0.25) is 5.91 Å². The van der Waals surface area contributed by atoms with E-state index in [1.807, 2.05) is 13.0 Å². The molecule has 1 heterocycles. The molecule has 4 amide bonds. The van der Waals surface area contributed by atoms with Crippen LogP contribution in [-0.2, 0) is 19.1 Å². The lowest BCUT2D eigenvalue weighted by Gasteiger charge is -2.21. The molecule has 0 bridgehead atoms. The number of aryl methyl sites for hydroxylation is 1. The van der Waals surface area contributed by atoms with E-state index in [0.29, 0.717) is 16.9 Å². The largest absolute Gasteiger partial charge is 0.462 e. The average Bonchev–Trinajstić information content (AvgIpc) is 3.01. The van der Waals surface area contributed by atoms with Crippen molar-refractivity contribution in [1.82, 2.24) is 4.90 Å². The van der Waals surface area contributed by atoms with Gasteiger partial charge in [-0.1, -0.05) is 12.1 Å². The normalized spacial score (nSPS) is 15.7. The number of urea groups is 1. The summed E-state index contributed by atoms with van der Waals surface area (Å²) in [5, 5.41) is 2.71. The Hall–Kier alpha value is -3.72. The number of nitrogens with one attached hydrogen (secondary N) is 1. The lowest BCUT2D eigenvalue weighted by atomic mass is 10.1. The van der Waals surface area contributed by atoms with Crippen molar-refractivity contribution in [2.24, 2.45) is 0 Å². The van der Waals surface area contributed by atoms with Gasteiger partial charge in [-0.15, -0.1) is 0 Å². The fraction of sp³-hybridized carbons (Fsp3) is 0.333. The number of amides is 4. The first-order valence-electron chi connectivity index (χ1n) is 10.6. The smallest absolute Gasteiger partial charge is 0.338 e. The van der Waals surface area contributed by atoms with Crippen LogP contribution in [0.3, 0.4) is 0 Å². The lowest BCUT2D eigenvalue weighted by molar-refractivity contribution is -0.124. The predicted octanol–water partition coefficient (Wildman–Crippen LogP) is 2.98. The second-order valence-electron chi connectivity index (χ2n) is 7.55. The highest BCUT2D eigenvalue weighted by Crippen LogP contribution is 2.27. The van der Waals surface area contributed by atoms with E-state index < -0.39 is 29.9 Å². The van der Waals surface area contributed by atoms with Crippen molar-refractivity contribution in [3.63, 3.8) is 0 Å². The Balaban J connectivity index is 1.74. The monoisotopic (exact) mass is 453 g/mol. The SMILES string of the molecule is CCOC(=O)c1ccc(NC(=O)C[C@@H]2C(=O)N(c3cccc(C)c3)C(=O)N2CCOC)cc1. The average molecular weight is 453 g/mol. The molecule has 0 radical (unpaired) electrons. The number of carbonyl (C=O) groups is 4. The molecular weight excluding hydrogens is 426 g/mol. The Morgan fingerprint density at radius 2 is 1.82 bits per heavy atom. The molecule has 1 aliphatic heterocycles. The highest BCUT2D eigenvalue weighted by atomic mass is 16.5. The zero-order chi connectivity index (χ0) is 24.0. The minimum Gasteiger partial charge on any atom is -0.462 e. The number of methoxy groups -OCH3 is 1. The summed E-state index contributed by atoms with van der Waals surface area (Å²) in [6.45, 7) is 4.27. The topological polar surface area (TPSA) is 105 Å². The first-order valence-corrected chi connectivity index (χ1v) is 10.6. The van der Waals surface area contributed by atoms with Gasteiger partial charge in [-0.25, -0.2) is 14.5 Å². The molecule has 1 saturated heterocycles. The molecule has 0 saturated carbocycles. The van der Waals surface area contributed by atoms with E-state index >= 15 is 0 Å². The number of ether oxygens (including phenoxy) is 2. The van der Waals surface area contributed by atoms with Crippen LogP contribution < -0.4 is 10.2 Å². The molecule has 9 heteroatoms. The first-order chi connectivity index (χ1) is 15.8. The standard InChI is InChI=1S/C24H27N3O6/c1-4-33-23(30)17-8-10-18(11-9-17)25-21(28)15-20-22(29)27(19-7-5-6-16(2)14-19)24(31)26(20)12-13-32-3/h5-11,14,20H,4,12-13,15H2,1-3H3,(H,25,28)/t20-/m1/s1. The zero-order valence-corrected chi connectivity index (χ0v) is 18.9. The fourth-order valence-electron chi connectivity index (χ4n) is 3.57. The quantitative estimate of drug-likeness (QED) is 0.462.